The van der Waals surface area contributed by atoms with Crippen molar-refractivity contribution in [2.24, 2.45) is 0 Å². The molecule has 20 heavy (non-hydrogen) atoms. The number of hydrogen-bond acceptors (Lipinski definition) is 6. The molecule has 0 unspecified atom stereocenters. The van der Waals surface area contributed by atoms with Gasteiger partial charge in [0.15, 0.2) is 0 Å². The molecule has 1 fully saturated rings. The Kier molecular flexibility index (Phi) is 4.47. The highest BCUT2D eigenvalue weighted by atomic mass is 32.1. The molecule has 0 saturated carbocycles. The van der Waals surface area contributed by atoms with Crippen LogP contribution in [0.2, 0.25) is 0 Å². The van der Waals surface area contributed by atoms with E-state index in [1.807, 2.05) is 27.7 Å². The Bertz CT molecular complexity index is 469. The van der Waals surface area contributed by atoms with Gasteiger partial charge in [0, 0.05) is 19.1 Å². The number of carbonyl (C=O) groups is 1. The molecule has 0 aliphatic carbocycles. The summed E-state index contributed by atoms with van der Waals surface area (Å²) >= 11 is 1.59. The number of nitrogens with one attached hydrogen (secondary N) is 1. The van der Waals surface area contributed by atoms with Gasteiger partial charge in [0.1, 0.15) is 10.6 Å². The lowest BCUT2D eigenvalue weighted by atomic mass is 10.2. The van der Waals surface area contributed by atoms with Gasteiger partial charge in [-0.15, -0.1) is 10.2 Å². The van der Waals surface area contributed by atoms with Crippen LogP contribution in [0.3, 0.4) is 0 Å². The molecule has 1 atom stereocenters. The molecular formula is C13H22N4O2S. The molecule has 0 aromatic carbocycles. The van der Waals surface area contributed by atoms with Crippen molar-refractivity contribution in [3.05, 3.63) is 5.01 Å². The van der Waals surface area contributed by atoms with Crippen LogP contribution < -0.4 is 10.2 Å². The highest BCUT2D eigenvalue weighted by Gasteiger charge is 2.28. The molecule has 2 heterocycles. The molecule has 1 aliphatic heterocycles. The van der Waals surface area contributed by atoms with Gasteiger partial charge >= 0.3 is 6.09 Å². The van der Waals surface area contributed by atoms with E-state index < -0.39 is 5.60 Å². The number of carbonyl (C=O) groups excluding carboxylic acids is 1. The Morgan fingerprint density at radius 1 is 1.50 bits per heavy atom. The molecule has 1 aliphatic rings. The van der Waals surface area contributed by atoms with Crippen LogP contribution in [0.1, 0.15) is 38.6 Å². The molecule has 7 heteroatoms. The second kappa shape index (κ2) is 5.95. The van der Waals surface area contributed by atoms with E-state index in [4.69, 9.17) is 4.74 Å². The summed E-state index contributed by atoms with van der Waals surface area (Å²) in [6.07, 6.45) is 1.80. The lowest BCUT2D eigenvalue weighted by Crippen LogP contribution is -2.42. The van der Waals surface area contributed by atoms with Crippen molar-refractivity contribution >= 4 is 22.6 Å². The first-order valence-electron chi connectivity index (χ1n) is 6.89. The van der Waals surface area contributed by atoms with Crippen LogP contribution in [-0.2, 0) is 4.74 Å². The van der Waals surface area contributed by atoms with E-state index in [1.165, 1.54) is 0 Å². The van der Waals surface area contributed by atoms with E-state index in [9.17, 15) is 4.79 Å². The number of nitrogens with zero attached hydrogens (tertiary/aromatic N) is 3. The van der Waals surface area contributed by atoms with E-state index >= 15 is 0 Å². The summed E-state index contributed by atoms with van der Waals surface area (Å²) in [4.78, 5) is 13.9. The minimum absolute atomic E-state index is 0.273. The van der Waals surface area contributed by atoms with E-state index in [0.717, 1.165) is 29.5 Å². The lowest BCUT2D eigenvalue weighted by molar-refractivity contribution is 0.0525. The zero-order chi connectivity index (χ0) is 14.8. The summed E-state index contributed by atoms with van der Waals surface area (Å²) in [7, 11) is 0. The quantitative estimate of drug-likeness (QED) is 0.927. The van der Waals surface area contributed by atoms with Gasteiger partial charge in [0.25, 0.3) is 0 Å². The third kappa shape index (κ3) is 4.06. The molecule has 0 radical (unpaired) electrons. The fourth-order valence-electron chi connectivity index (χ4n) is 2.22. The highest BCUT2D eigenvalue weighted by Crippen LogP contribution is 2.27. The SMILES string of the molecule is Cc1nnc(N2CCC[C@@H]2CNC(=O)OC(C)(C)C)s1. The Balaban J connectivity index is 1.87. The molecule has 1 amide bonds. The smallest absolute Gasteiger partial charge is 0.407 e. The minimum Gasteiger partial charge on any atom is -0.444 e. The molecule has 1 aromatic rings. The number of aryl methyl sites for hydroxylation is 1. The van der Waals surface area contributed by atoms with Gasteiger partial charge < -0.3 is 15.0 Å². The van der Waals surface area contributed by atoms with Crippen LogP contribution >= 0.6 is 11.3 Å². The van der Waals surface area contributed by atoms with Gasteiger partial charge in [-0.05, 0) is 40.5 Å². The third-order valence-electron chi connectivity index (χ3n) is 3.02. The first-order valence-corrected chi connectivity index (χ1v) is 7.70. The monoisotopic (exact) mass is 298 g/mol. The van der Waals surface area contributed by atoms with Crippen LogP contribution in [0, 0.1) is 6.92 Å². The van der Waals surface area contributed by atoms with Crippen molar-refractivity contribution in [1.29, 1.82) is 0 Å². The van der Waals surface area contributed by atoms with Crippen molar-refractivity contribution in [3.8, 4) is 0 Å². The number of hydrogen-bond donors (Lipinski definition) is 1. The van der Waals surface area contributed by atoms with Crippen LogP contribution in [0.15, 0.2) is 0 Å². The predicted octanol–water partition coefficient (Wildman–Crippen LogP) is 2.34. The molecule has 1 saturated heterocycles. The van der Waals surface area contributed by atoms with Crippen LogP contribution in [0.4, 0.5) is 9.93 Å². The molecule has 0 bridgehead atoms. The fraction of sp³-hybridized carbons (Fsp3) is 0.769. The lowest BCUT2D eigenvalue weighted by Gasteiger charge is -2.25. The number of anilines is 1. The van der Waals surface area contributed by atoms with Gasteiger partial charge in [-0.25, -0.2) is 4.79 Å². The van der Waals surface area contributed by atoms with Gasteiger partial charge in [0.05, 0.1) is 0 Å². The summed E-state index contributed by atoms with van der Waals surface area (Å²) in [6, 6.07) is 0.273. The van der Waals surface area contributed by atoms with Gasteiger partial charge in [-0.1, -0.05) is 11.3 Å². The average Bonchev–Trinajstić information content (AvgIpc) is 2.92. The maximum atomic E-state index is 11.7. The maximum Gasteiger partial charge on any atom is 0.407 e. The second-order valence-corrected chi connectivity index (χ2v) is 7.14. The molecule has 112 valence electrons. The van der Waals surface area contributed by atoms with Gasteiger partial charge in [-0.2, -0.15) is 0 Å². The topological polar surface area (TPSA) is 67.4 Å². The minimum atomic E-state index is -0.463. The summed E-state index contributed by atoms with van der Waals surface area (Å²) in [5.41, 5.74) is -0.463. The zero-order valence-electron chi connectivity index (χ0n) is 12.5. The normalized spacial score (nSPS) is 19.2. The Morgan fingerprint density at radius 2 is 2.25 bits per heavy atom. The van der Waals surface area contributed by atoms with Crippen LogP contribution in [-0.4, -0.2) is 41.0 Å². The van der Waals surface area contributed by atoms with Crippen molar-refractivity contribution in [1.82, 2.24) is 15.5 Å². The third-order valence-corrected chi connectivity index (χ3v) is 3.89. The number of alkyl carbamates (subject to hydrolysis) is 1. The number of rotatable bonds is 3. The highest BCUT2D eigenvalue weighted by molar-refractivity contribution is 7.15. The summed E-state index contributed by atoms with van der Waals surface area (Å²) < 4.78 is 5.25. The van der Waals surface area contributed by atoms with Gasteiger partial charge in [-0.3, -0.25) is 0 Å². The largest absolute Gasteiger partial charge is 0.444 e. The second-order valence-electron chi connectivity index (χ2n) is 5.98. The molecule has 0 spiro atoms. The molecule has 1 N–H and O–H groups in total. The maximum absolute atomic E-state index is 11.7. The first-order chi connectivity index (χ1) is 9.35. The van der Waals surface area contributed by atoms with Crippen molar-refractivity contribution < 1.29 is 9.53 Å². The Labute approximate surface area is 123 Å². The number of ether oxygens (including phenoxy) is 1. The predicted molar refractivity (Wildman–Crippen MR) is 79.3 cm³/mol. The van der Waals surface area contributed by atoms with E-state index in [-0.39, 0.29) is 12.1 Å². The summed E-state index contributed by atoms with van der Waals surface area (Å²) in [6.45, 7) is 9.07. The van der Waals surface area contributed by atoms with Crippen molar-refractivity contribution in [3.63, 3.8) is 0 Å². The first kappa shape index (κ1) is 15.0. The van der Waals surface area contributed by atoms with Crippen molar-refractivity contribution in [2.45, 2.75) is 52.2 Å². The molecule has 6 nitrogen and oxygen atoms in total. The van der Waals surface area contributed by atoms with Crippen molar-refractivity contribution in [2.75, 3.05) is 18.0 Å². The van der Waals surface area contributed by atoms with Crippen LogP contribution in [0.5, 0.6) is 0 Å². The van der Waals surface area contributed by atoms with E-state index in [0.29, 0.717) is 6.54 Å². The molecule has 1 aromatic heterocycles. The molecular weight excluding hydrogens is 276 g/mol. The average molecular weight is 298 g/mol. The van der Waals surface area contributed by atoms with Crippen LogP contribution in [0.25, 0.3) is 0 Å². The summed E-state index contributed by atoms with van der Waals surface area (Å²) in [5.74, 6) is 0. The molecule has 2 rings (SSSR count). The van der Waals surface area contributed by atoms with Gasteiger partial charge in [0.2, 0.25) is 5.13 Å². The number of amides is 1. The Morgan fingerprint density at radius 3 is 2.85 bits per heavy atom. The fourth-order valence-corrected chi connectivity index (χ4v) is 3.00. The summed E-state index contributed by atoms with van der Waals surface area (Å²) in [5, 5.41) is 13.0. The standard InChI is InChI=1S/C13H22N4O2S/c1-9-15-16-11(20-9)17-7-5-6-10(17)8-14-12(18)19-13(2,3)4/h10H,5-8H2,1-4H3,(H,14,18)/t10-/m1/s1. The van der Waals surface area contributed by atoms with E-state index in [2.05, 4.69) is 20.4 Å². The van der Waals surface area contributed by atoms with E-state index in [1.54, 1.807) is 11.3 Å². The Hall–Kier alpha value is -1.37. The number of aromatic nitrogens is 2. The zero-order valence-corrected chi connectivity index (χ0v) is 13.3.